The van der Waals surface area contributed by atoms with Crippen LogP contribution in [0.3, 0.4) is 0 Å². The molecule has 17 heavy (non-hydrogen) atoms. The fourth-order valence-electron chi connectivity index (χ4n) is 1.89. The number of imide groups is 1. The van der Waals surface area contributed by atoms with E-state index < -0.39 is 0 Å². The first-order chi connectivity index (χ1) is 8.06. The Labute approximate surface area is 107 Å². The van der Waals surface area contributed by atoms with Gasteiger partial charge in [0.2, 0.25) is 11.8 Å². The Morgan fingerprint density at radius 3 is 2.82 bits per heavy atom. The quantitative estimate of drug-likeness (QED) is 0.851. The van der Waals surface area contributed by atoms with E-state index >= 15 is 0 Å². The van der Waals surface area contributed by atoms with Crippen molar-refractivity contribution in [2.24, 2.45) is 5.92 Å². The molecule has 1 atom stereocenters. The van der Waals surface area contributed by atoms with Crippen molar-refractivity contribution in [2.75, 3.05) is 0 Å². The Bertz CT molecular complexity index is 476. The number of hydrogen-bond acceptors (Lipinski definition) is 2. The third-order valence-corrected chi connectivity index (χ3v) is 3.57. The van der Waals surface area contributed by atoms with Gasteiger partial charge in [-0.05, 0) is 30.5 Å². The lowest BCUT2D eigenvalue weighted by molar-refractivity contribution is -0.136. The van der Waals surface area contributed by atoms with Crippen LogP contribution in [0.5, 0.6) is 0 Å². The van der Waals surface area contributed by atoms with E-state index in [1.165, 1.54) is 12.1 Å². The summed E-state index contributed by atoms with van der Waals surface area (Å²) in [4.78, 5) is 22.6. The van der Waals surface area contributed by atoms with Crippen molar-refractivity contribution in [3.63, 3.8) is 0 Å². The normalized spacial score (nSPS) is 20.2. The topological polar surface area (TPSA) is 46.2 Å². The molecule has 0 radical (unpaired) electrons. The van der Waals surface area contributed by atoms with Gasteiger partial charge in [0.25, 0.3) is 0 Å². The molecule has 0 aromatic heterocycles. The molecule has 0 bridgehead atoms. The largest absolute Gasteiger partial charge is 0.296 e. The summed E-state index contributed by atoms with van der Waals surface area (Å²) >= 11 is 3.27. The average Bonchev–Trinajstić information content (AvgIpc) is 2.25. The number of benzene rings is 1. The van der Waals surface area contributed by atoms with Crippen molar-refractivity contribution >= 4 is 27.7 Å². The number of amides is 2. The Kier molecular flexibility index (Phi) is 3.57. The fourth-order valence-corrected chi connectivity index (χ4v) is 2.40. The lowest BCUT2D eigenvalue weighted by atomic mass is 9.91. The van der Waals surface area contributed by atoms with Gasteiger partial charge in [0.05, 0.1) is 0 Å². The third-order valence-electron chi connectivity index (χ3n) is 2.83. The molecule has 1 unspecified atom stereocenters. The highest BCUT2D eigenvalue weighted by Gasteiger charge is 2.27. The average molecular weight is 300 g/mol. The molecule has 2 rings (SSSR count). The van der Waals surface area contributed by atoms with Crippen LogP contribution in [0.2, 0.25) is 0 Å². The number of carbonyl (C=O) groups excluding carboxylic acids is 2. The molecule has 3 nitrogen and oxygen atoms in total. The van der Waals surface area contributed by atoms with Gasteiger partial charge in [-0.15, -0.1) is 0 Å². The van der Waals surface area contributed by atoms with Crippen LogP contribution in [0.15, 0.2) is 22.7 Å². The summed E-state index contributed by atoms with van der Waals surface area (Å²) in [5, 5.41) is 2.31. The minimum atomic E-state index is -0.316. The van der Waals surface area contributed by atoms with Gasteiger partial charge in [0.1, 0.15) is 5.82 Å². The predicted octanol–water partition coefficient (Wildman–Crippen LogP) is 2.18. The summed E-state index contributed by atoms with van der Waals surface area (Å²) < 4.78 is 13.6. The van der Waals surface area contributed by atoms with Crippen LogP contribution < -0.4 is 5.32 Å². The molecule has 1 aromatic rings. The van der Waals surface area contributed by atoms with Crippen molar-refractivity contribution < 1.29 is 14.0 Å². The maximum atomic E-state index is 12.9. The van der Waals surface area contributed by atoms with Crippen molar-refractivity contribution in [3.8, 4) is 0 Å². The van der Waals surface area contributed by atoms with Crippen molar-refractivity contribution in [1.29, 1.82) is 0 Å². The predicted molar refractivity (Wildman–Crippen MR) is 63.7 cm³/mol. The summed E-state index contributed by atoms with van der Waals surface area (Å²) in [7, 11) is 0. The van der Waals surface area contributed by atoms with Gasteiger partial charge in [-0.1, -0.05) is 22.0 Å². The first kappa shape index (κ1) is 12.2. The van der Waals surface area contributed by atoms with E-state index in [0.717, 1.165) is 5.56 Å². The number of nitrogens with one attached hydrogen (secondary N) is 1. The first-order valence-corrected chi connectivity index (χ1v) is 6.13. The fraction of sp³-hybridized carbons (Fsp3) is 0.333. The highest BCUT2D eigenvalue weighted by Crippen LogP contribution is 2.24. The van der Waals surface area contributed by atoms with Gasteiger partial charge in [0, 0.05) is 16.8 Å². The number of halogens is 2. The van der Waals surface area contributed by atoms with Crippen LogP contribution in [0.25, 0.3) is 0 Å². The van der Waals surface area contributed by atoms with E-state index in [9.17, 15) is 14.0 Å². The lowest BCUT2D eigenvalue weighted by Gasteiger charge is -2.21. The molecule has 1 N–H and O–H groups in total. The van der Waals surface area contributed by atoms with Crippen LogP contribution in [-0.4, -0.2) is 11.8 Å². The number of hydrogen-bond donors (Lipinski definition) is 1. The van der Waals surface area contributed by atoms with E-state index in [2.05, 4.69) is 21.2 Å². The Balaban J connectivity index is 2.10. The molecule has 1 heterocycles. The molecule has 90 valence electrons. The summed E-state index contributed by atoms with van der Waals surface area (Å²) in [5.41, 5.74) is 0.876. The van der Waals surface area contributed by atoms with Crippen molar-refractivity contribution in [3.05, 3.63) is 34.1 Å². The van der Waals surface area contributed by atoms with Crippen LogP contribution in [0.1, 0.15) is 18.4 Å². The van der Waals surface area contributed by atoms with E-state index in [1.54, 1.807) is 6.07 Å². The van der Waals surface area contributed by atoms with Gasteiger partial charge >= 0.3 is 0 Å². The minimum Gasteiger partial charge on any atom is -0.296 e. The first-order valence-electron chi connectivity index (χ1n) is 5.34. The van der Waals surface area contributed by atoms with Gasteiger partial charge in [-0.2, -0.15) is 0 Å². The molecular formula is C12H11BrFNO2. The molecule has 2 amide bonds. The SMILES string of the molecule is O=C1CCC(Cc2ccc(F)cc2Br)C(=O)N1. The van der Waals surface area contributed by atoms with Crippen LogP contribution >= 0.6 is 15.9 Å². The van der Waals surface area contributed by atoms with Crippen LogP contribution in [0, 0.1) is 11.7 Å². The van der Waals surface area contributed by atoms with Gasteiger partial charge in [-0.25, -0.2) is 4.39 Å². The van der Waals surface area contributed by atoms with E-state index in [1.807, 2.05) is 0 Å². The molecule has 5 heteroatoms. The van der Waals surface area contributed by atoms with Gasteiger partial charge in [0.15, 0.2) is 0 Å². The zero-order valence-corrected chi connectivity index (χ0v) is 10.6. The second-order valence-electron chi connectivity index (χ2n) is 4.09. The third kappa shape index (κ3) is 2.91. The lowest BCUT2D eigenvalue weighted by Crippen LogP contribution is -2.41. The summed E-state index contributed by atoms with van der Waals surface area (Å²) in [5.74, 6) is -0.986. The second-order valence-corrected chi connectivity index (χ2v) is 4.94. The number of piperidine rings is 1. The Hall–Kier alpha value is -1.23. The van der Waals surface area contributed by atoms with Crippen LogP contribution in [-0.2, 0) is 16.0 Å². The van der Waals surface area contributed by atoms with Gasteiger partial charge < -0.3 is 0 Å². The van der Waals surface area contributed by atoms with Crippen molar-refractivity contribution in [1.82, 2.24) is 5.32 Å². The molecular weight excluding hydrogens is 289 g/mol. The molecule has 1 saturated heterocycles. The minimum absolute atomic E-state index is 0.213. The molecule has 1 aliphatic rings. The molecule has 1 aliphatic heterocycles. The summed E-state index contributed by atoms with van der Waals surface area (Å²) in [6.45, 7) is 0. The summed E-state index contributed by atoms with van der Waals surface area (Å²) in [6.07, 6.45) is 1.43. The molecule has 0 spiro atoms. The smallest absolute Gasteiger partial charge is 0.230 e. The highest BCUT2D eigenvalue weighted by molar-refractivity contribution is 9.10. The van der Waals surface area contributed by atoms with E-state index in [4.69, 9.17) is 0 Å². The van der Waals surface area contributed by atoms with E-state index in [0.29, 0.717) is 23.7 Å². The summed E-state index contributed by atoms with van der Waals surface area (Å²) in [6, 6.07) is 4.40. The Morgan fingerprint density at radius 2 is 2.18 bits per heavy atom. The van der Waals surface area contributed by atoms with Crippen LogP contribution in [0.4, 0.5) is 4.39 Å². The molecule has 0 aliphatic carbocycles. The maximum absolute atomic E-state index is 12.9. The molecule has 1 aromatic carbocycles. The van der Waals surface area contributed by atoms with E-state index in [-0.39, 0.29) is 23.5 Å². The second kappa shape index (κ2) is 4.96. The zero-order valence-electron chi connectivity index (χ0n) is 9.00. The Morgan fingerprint density at radius 1 is 1.41 bits per heavy atom. The highest BCUT2D eigenvalue weighted by atomic mass is 79.9. The maximum Gasteiger partial charge on any atom is 0.230 e. The number of carbonyl (C=O) groups is 2. The monoisotopic (exact) mass is 299 g/mol. The standard InChI is InChI=1S/C12H11BrFNO2/c13-10-6-9(14)3-1-7(10)5-8-2-4-11(16)15-12(8)17/h1,3,6,8H,2,4-5H2,(H,15,16,17). The van der Waals surface area contributed by atoms with Gasteiger partial charge in [-0.3, -0.25) is 14.9 Å². The van der Waals surface area contributed by atoms with Crippen molar-refractivity contribution in [2.45, 2.75) is 19.3 Å². The molecule has 0 saturated carbocycles. The zero-order chi connectivity index (χ0) is 12.4. The number of rotatable bonds is 2. The molecule has 1 fully saturated rings.